The molecule has 1 saturated carbocycles. The van der Waals surface area contributed by atoms with Crippen LogP contribution in [-0.4, -0.2) is 6.04 Å². The molecule has 2 aliphatic rings. The van der Waals surface area contributed by atoms with Crippen molar-refractivity contribution in [2.24, 2.45) is 5.92 Å². The number of benzene rings is 1. The normalized spacial score (nSPS) is 30.7. The summed E-state index contributed by atoms with van der Waals surface area (Å²) in [6, 6.07) is 10.4. The van der Waals surface area contributed by atoms with E-state index in [1.807, 2.05) is 0 Å². The van der Waals surface area contributed by atoms with E-state index in [1.165, 1.54) is 36.8 Å². The molecule has 2 fully saturated rings. The molecule has 1 saturated heterocycles. The Bertz CT molecular complexity index is 337. The summed E-state index contributed by atoms with van der Waals surface area (Å²) in [6.45, 7) is 2.15. The van der Waals surface area contributed by atoms with E-state index in [0.29, 0.717) is 6.04 Å². The zero-order valence-corrected chi connectivity index (χ0v) is 9.37. The van der Waals surface area contributed by atoms with Gasteiger partial charge in [-0.25, -0.2) is 0 Å². The summed E-state index contributed by atoms with van der Waals surface area (Å²) in [4.78, 5) is 0. The molecule has 2 atom stereocenters. The molecular weight excluding hydrogens is 182 g/mol. The molecule has 1 heteroatoms. The Kier molecular flexibility index (Phi) is 2.28. The van der Waals surface area contributed by atoms with Crippen LogP contribution in [0.25, 0.3) is 0 Å². The van der Waals surface area contributed by atoms with Crippen molar-refractivity contribution >= 4 is 0 Å². The summed E-state index contributed by atoms with van der Waals surface area (Å²) in [6.07, 6.45) is 5.62. The fourth-order valence-corrected chi connectivity index (χ4v) is 2.70. The monoisotopic (exact) mass is 201 g/mol. The molecule has 0 bridgehead atoms. The molecule has 1 aromatic rings. The third kappa shape index (κ3) is 1.93. The van der Waals surface area contributed by atoms with Gasteiger partial charge in [0.05, 0.1) is 0 Å². The summed E-state index contributed by atoms with van der Waals surface area (Å²) in [5.41, 5.74) is 2.83. The molecule has 1 nitrogen and oxygen atoms in total. The van der Waals surface area contributed by atoms with Gasteiger partial charge in [-0.2, -0.15) is 0 Å². The van der Waals surface area contributed by atoms with Gasteiger partial charge in [0.25, 0.3) is 0 Å². The molecule has 0 amide bonds. The van der Waals surface area contributed by atoms with E-state index in [1.54, 1.807) is 0 Å². The van der Waals surface area contributed by atoms with E-state index in [0.717, 1.165) is 12.0 Å². The van der Waals surface area contributed by atoms with E-state index >= 15 is 0 Å². The van der Waals surface area contributed by atoms with Crippen molar-refractivity contribution in [2.75, 3.05) is 0 Å². The Hall–Kier alpha value is -0.820. The van der Waals surface area contributed by atoms with Crippen molar-refractivity contribution in [3.63, 3.8) is 0 Å². The zero-order chi connectivity index (χ0) is 10.3. The Morgan fingerprint density at radius 2 is 1.73 bits per heavy atom. The van der Waals surface area contributed by atoms with Crippen molar-refractivity contribution in [1.29, 1.82) is 0 Å². The van der Waals surface area contributed by atoms with Crippen LogP contribution in [0.1, 0.15) is 42.9 Å². The van der Waals surface area contributed by atoms with Gasteiger partial charge < -0.3 is 5.32 Å². The summed E-state index contributed by atoms with van der Waals surface area (Å²) < 4.78 is 0. The molecule has 0 radical (unpaired) electrons. The highest BCUT2D eigenvalue weighted by Gasteiger charge is 2.36. The van der Waals surface area contributed by atoms with Crippen LogP contribution < -0.4 is 5.32 Å². The number of nitrogens with one attached hydrogen (secondary N) is 1. The lowest BCUT2D eigenvalue weighted by molar-refractivity contribution is 0.504. The maximum Gasteiger partial charge on any atom is 0.0323 e. The van der Waals surface area contributed by atoms with E-state index in [-0.39, 0.29) is 0 Å². The van der Waals surface area contributed by atoms with Crippen LogP contribution in [-0.2, 0) is 0 Å². The van der Waals surface area contributed by atoms with Gasteiger partial charge in [-0.1, -0.05) is 29.8 Å². The molecule has 0 unspecified atom stereocenters. The number of hydrogen-bond donors (Lipinski definition) is 1. The van der Waals surface area contributed by atoms with E-state index in [4.69, 9.17) is 0 Å². The minimum absolute atomic E-state index is 0.621. The third-order valence-corrected chi connectivity index (χ3v) is 3.85. The van der Waals surface area contributed by atoms with Gasteiger partial charge in [0, 0.05) is 12.1 Å². The number of aryl methyl sites for hydroxylation is 1. The molecule has 1 aromatic carbocycles. The maximum absolute atomic E-state index is 3.79. The highest BCUT2D eigenvalue weighted by molar-refractivity contribution is 5.25. The van der Waals surface area contributed by atoms with Gasteiger partial charge in [0.15, 0.2) is 0 Å². The summed E-state index contributed by atoms with van der Waals surface area (Å²) >= 11 is 0. The van der Waals surface area contributed by atoms with Crippen LogP contribution >= 0.6 is 0 Å². The minimum Gasteiger partial charge on any atom is -0.307 e. The first-order valence-electron chi connectivity index (χ1n) is 6.15. The Labute approximate surface area is 91.9 Å². The van der Waals surface area contributed by atoms with Crippen LogP contribution in [0.15, 0.2) is 24.3 Å². The van der Waals surface area contributed by atoms with Crippen LogP contribution in [0.2, 0.25) is 0 Å². The Morgan fingerprint density at radius 1 is 1.00 bits per heavy atom. The fraction of sp³-hybridized carbons (Fsp3) is 0.571. The second-order valence-electron chi connectivity index (χ2n) is 5.15. The lowest BCUT2D eigenvalue weighted by Crippen LogP contribution is -2.25. The molecule has 80 valence electrons. The third-order valence-electron chi connectivity index (χ3n) is 3.85. The SMILES string of the molecule is Cc1ccc([C@@H]2CC[C@H](C3CC3)N2)cc1. The predicted molar refractivity (Wildman–Crippen MR) is 62.8 cm³/mol. The van der Waals surface area contributed by atoms with Crippen LogP contribution in [0.5, 0.6) is 0 Å². The second-order valence-corrected chi connectivity index (χ2v) is 5.15. The largest absolute Gasteiger partial charge is 0.307 e. The minimum atomic E-state index is 0.621. The van der Waals surface area contributed by atoms with Crippen molar-refractivity contribution in [3.05, 3.63) is 35.4 Å². The van der Waals surface area contributed by atoms with E-state index in [9.17, 15) is 0 Å². The van der Waals surface area contributed by atoms with Gasteiger partial charge in [0.1, 0.15) is 0 Å². The van der Waals surface area contributed by atoms with Crippen LogP contribution in [0.4, 0.5) is 0 Å². The van der Waals surface area contributed by atoms with Crippen molar-refractivity contribution in [3.8, 4) is 0 Å². The van der Waals surface area contributed by atoms with Crippen LogP contribution in [0, 0.1) is 12.8 Å². The van der Waals surface area contributed by atoms with Gasteiger partial charge >= 0.3 is 0 Å². The maximum atomic E-state index is 3.79. The molecule has 0 aromatic heterocycles. The Balaban J connectivity index is 1.70. The highest BCUT2D eigenvalue weighted by Crippen LogP contribution is 2.40. The molecular formula is C14H19N. The van der Waals surface area contributed by atoms with E-state index < -0.39 is 0 Å². The topological polar surface area (TPSA) is 12.0 Å². The molecule has 1 N–H and O–H groups in total. The first-order valence-corrected chi connectivity index (χ1v) is 6.15. The average Bonchev–Trinajstić information content (AvgIpc) is 2.99. The first kappa shape index (κ1) is 9.41. The summed E-state index contributed by atoms with van der Waals surface area (Å²) in [7, 11) is 0. The molecule has 1 aliphatic carbocycles. The van der Waals surface area contributed by atoms with Gasteiger partial charge in [-0.15, -0.1) is 0 Å². The standard InChI is InChI=1S/C14H19N/c1-10-2-4-11(5-3-10)13-8-9-14(15-13)12-6-7-12/h2-5,12-15H,6-9H2,1H3/t13-,14+/m0/s1. The van der Waals surface area contributed by atoms with Crippen molar-refractivity contribution < 1.29 is 0 Å². The van der Waals surface area contributed by atoms with E-state index in [2.05, 4.69) is 36.5 Å². The summed E-state index contributed by atoms with van der Waals surface area (Å²) in [5, 5.41) is 3.79. The van der Waals surface area contributed by atoms with Gasteiger partial charge in [-0.05, 0) is 44.1 Å². The Morgan fingerprint density at radius 3 is 2.40 bits per heavy atom. The smallest absolute Gasteiger partial charge is 0.0323 e. The molecule has 0 spiro atoms. The molecule has 1 aliphatic heterocycles. The molecule has 15 heavy (non-hydrogen) atoms. The van der Waals surface area contributed by atoms with Gasteiger partial charge in [-0.3, -0.25) is 0 Å². The summed E-state index contributed by atoms with van der Waals surface area (Å²) in [5.74, 6) is 1.00. The van der Waals surface area contributed by atoms with Crippen molar-refractivity contribution in [1.82, 2.24) is 5.32 Å². The quantitative estimate of drug-likeness (QED) is 0.774. The molecule has 1 heterocycles. The first-order chi connectivity index (χ1) is 7.33. The van der Waals surface area contributed by atoms with Crippen LogP contribution in [0.3, 0.4) is 0 Å². The number of rotatable bonds is 2. The zero-order valence-electron chi connectivity index (χ0n) is 9.37. The molecule has 3 rings (SSSR count). The van der Waals surface area contributed by atoms with Crippen molar-refractivity contribution in [2.45, 2.75) is 44.7 Å². The lowest BCUT2D eigenvalue weighted by Gasteiger charge is -2.14. The van der Waals surface area contributed by atoms with Gasteiger partial charge in [0.2, 0.25) is 0 Å². The highest BCUT2D eigenvalue weighted by atomic mass is 15.0. The fourth-order valence-electron chi connectivity index (χ4n) is 2.70. The second kappa shape index (κ2) is 3.64. The average molecular weight is 201 g/mol. The predicted octanol–water partition coefficient (Wildman–Crippen LogP) is 3.20. The number of hydrogen-bond acceptors (Lipinski definition) is 1. The lowest BCUT2D eigenvalue weighted by atomic mass is 10.0.